The molecule has 4 heteroatoms. The minimum absolute atomic E-state index is 0.0699. The predicted octanol–water partition coefficient (Wildman–Crippen LogP) is 1.14. The summed E-state index contributed by atoms with van der Waals surface area (Å²) in [5, 5.41) is 0. The fraction of sp³-hybridized carbons (Fsp3) is 0.667. The monoisotopic (exact) mass is 222 g/mol. The summed E-state index contributed by atoms with van der Waals surface area (Å²) in [5.74, 6) is 0.822. The Bertz CT molecular complexity index is 339. The van der Waals surface area contributed by atoms with Crippen molar-refractivity contribution in [2.24, 2.45) is 5.73 Å². The van der Waals surface area contributed by atoms with E-state index >= 15 is 0 Å². The van der Waals surface area contributed by atoms with E-state index in [0.29, 0.717) is 6.04 Å². The Morgan fingerprint density at radius 3 is 3.25 bits per heavy atom. The third-order valence-electron chi connectivity index (χ3n) is 3.69. The maximum atomic E-state index is 6.15. The molecule has 2 fully saturated rings. The average molecular weight is 222 g/mol. The SMILES string of the molecule is NC(c1ccco1)C1CN2CCCC2CO1. The third kappa shape index (κ3) is 1.77. The summed E-state index contributed by atoms with van der Waals surface area (Å²) in [6.07, 6.45) is 4.29. The molecule has 88 valence electrons. The zero-order valence-electron chi connectivity index (χ0n) is 9.34. The molecule has 1 aromatic rings. The molecule has 0 aromatic carbocycles. The summed E-state index contributed by atoms with van der Waals surface area (Å²) in [4.78, 5) is 2.50. The van der Waals surface area contributed by atoms with Crippen LogP contribution in [-0.2, 0) is 4.74 Å². The van der Waals surface area contributed by atoms with Crippen LogP contribution in [0, 0.1) is 0 Å². The fourth-order valence-corrected chi connectivity index (χ4v) is 2.72. The van der Waals surface area contributed by atoms with E-state index in [1.54, 1.807) is 6.26 Å². The van der Waals surface area contributed by atoms with E-state index in [0.717, 1.165) is 18.9 Å². The molecule has 4 nitrogen and oxygen atoms in total. The second-order valence-electron chi connectivity index (χ2n) is 4.70. The van der Waals surface area contributed by atoms with Crippen LogP contribution in [0.5, 0.6) is 0 Å². The van der Waals surface area contributed by atoms with Gasteiger partial charge in [0.05, 0.1) is 25.0 Å². The van der Waals surface area contributed by atoms with Gasteiger partial charge in [-0.1, -0.05) is 0 Å². The number of hydrogen-bond donors (Lipinski definition) is 1. The molecule has 0 bridgehead atoms. The van der Waals surface area contributed by atoms with Crippen LogP contribution in [0.15, 0.2) is 22.8 Å². The van der Waals surface area contributed by atoms with Crippen LogP contribution in [0.3, 0.4) is 0 Å². The second kappa shape index (κ2) is 4.20. The highest BCUT2D eigenvalue weighted by molar-refractivity contribution is 5.07. The van der Waals surface area contributed by atoms with Crippen molar-refractivity contribution in [3.8, 4) is 0 Å². The lowest BCUT2D eigenvalue weighted by Gasteiger charge is -2.37. The number of rotatable bonds is 2. The Morgan fingerprint density at radius 1 is 1.50 bits per heavy atom. The lowest BCUT2D eigenvalue weighted by atomic mass is 10.1. The lowest BCUT2D eigenvalue weighted by molar-refractivity contribution is -0.0622. The molecule has 3 atom stereocenters. The molecule has 2 saturated heterocycles. The van der Waals surface area contributed by atoms with E-state index in [4.69, 9.17) is 14.9 Å². The van der Waals surface area contributed by atoms with Gasteiger partial charge in [0.1, 0.15) is 5.76 Å². The normalized spacial score (nSPS) is 32.6. The van der Waals surface area contributed by atoms with Crippen molar-refractivity contribution in [3.05, 3.63) is 24.2 Å². The highest BCUT2D eigenvalue weighted by Crippen LogP contribution is 2.27. The van der Waals surface area contributed by atoms with Gasteiger partial charge in [-0.3, -0.25) is 4.90 Å². The van der Waals surface area contributed by atoms with Crippen LogP contribution in [0.2, 0.25) is 0 Å². The largest absolute Gasteiger partial charge is 0.468 e. The number of nitrogens with zero attached hydrogens (tertiary/aromatic N) is 1. The van der Waals surface area contributed by atoms with E-state index < -0.39 is 0 Å². The molecule has 0 radical (unpaired) electrons. The molecular formula is C12H18N2O2. The third-order valence-corrected chi connectivity index (χ3v) is 3.69. The topological polar surface area (TPSA) is 51.6 Å². The van der Waals surface area contributed by atoms with E-state index in [-0.39, 0.29) is 12.1 Å². The van der Waals surface area contributed by atoms with Crippen molar-refractivity contribution in [2.75, 3.05) is 19.7 Å². The molecule has 2 aliphatic heterocycles. The van der Waals surface area contributed by atoms with Gasteiger partial charge in [0.25, 0.3) is 0 Å². The van der Waals surface area contributed by atoms with Crippen LogP contribution in [0.1, 0.15) is 24.6 Å². The zero-order chi connectivity index (χ0) is 11.0. The average Bonchev–Trinajstić information content (AvgIpc) is 2.98. The van der Waals surface area contributed by atoms with Gasteiger partial charge in [0, 0.05) is 12.6 Å². The summed E-state index contributed by atoms with van der Waals surface area (Å²) in [5.41, 5.74) is 6.15. The summed E-state index contributed by atoms with van der Waals surface area (Å²) >= 11 is 0. The zero-order valence-corrected chi connectivity index (χ0v) is 9.34. The molecule has 2 aliphatic rings. The highest BCUT2D eigenvalue weighted by Gasteiger charge is 2.35. The molecule has 0 saturated carbocycles. The molecule has 16 heavy (non-hydrogen) atoms. The van der Waals surface area contributed by atoms with Crippen LogP contribution < -0.4 is 5.73 Å². The van der Waals surface area contributed by atoms with E-state index in [9.17, 15) is 0 Å². The van der Waals surface area contributed by atoms with Gasteiger partial charge in [-0.2, -0.15) is 0 Å². The quantitative estimate of drug-likeness (QED) is 0.815. The van der Waals surface area contributed by atoms with Crippen molar-refractivity contribution >= 4 is 0 Å². The van der Waals surface area contributed by atoms with Crippen LogP contribution in [-0.4, -0.2) is 36.7 Å². The minimum Gasteiger partial charge on any atom is -0.468 e. The molecule has 3 rings (SSSR count). The Kier molecular flexibility index (Phi) is 2.71. The smallest absolute Gasteiger partial charge is 0.123 e. The lowest BCUT2D eigenvalue weighted by Crippen LogP contribution is -2.49. The Balaban J connectivity index is 1.67. The minimum atomic E-state index is -0.142. The van der Waals surface area contributed by atoms with Crippen LogP contribution in [0.25, 0.3) is 0 Å². The van der Waals surface area contributed by atoms with Gasteiger partial charge in [-0.25, -0.2) is 0 Å². The number of furan rings is 1. The first-order chi connectivity index (χ1) is 7.84. The van der Waals surface area contributed by atoms with Crippen molar-refractivity contribution in [1.29, 1.82) is 0 Å². The summed E-state index contributed by atoms with van der Waals surface area (Å²) in [6, 6.07) is 4.28. The molecule has 2 N–H and O–H groups in total. The number of hydrogen-bond acceptors (Lipinski definition) is 4. The fourth-order valence-electron chi connectivity index (χ4n) is 2.72. The predicted molar refractivity (Wildman–Crippen MR) is 60.0 cm³/mol. The number of nitrogens with two attached hydrogens (primary N) is 1. The van der Waals surface area contributed by atoms with Gasteiger partial charge in [-0.05, 0) is 31.5 Å². The number of ether oxygens (including phenoxy) is 1. The van der Waals surface area contributed by atoms with Crippen LogP contribution >= 0.6 is 0 Å². The first-order valence-corrected chi connectivity index (χ1v) is 5.99. The van der Waals surface area contributed by atoms with E-state index in [1.807, 2.05) is 12.1 Å². The standard InChI is InChI=1S/C12H18N2O2/c13-12(10-4-2-6-15-10)11-7-14-5-1-3-9(14)8-16-11/h2,4,6,9,11-12H,1,3,5,7-8,13H2. The Labute approximate surface area is 95.3 Å². The molecule has 0 aliphatic carbocycles. The van der Waals surface area contributed by atoms with Gasteiger partial charge in [0.2, 0.25) is 0 Å². The molecule has 3 heterocycles. The van der Waals surface area contributed by atoms with Gasteiger partial charge in [0.15, 0.2) is 0 Å². The maximum Gasteiger partial charge on any atom is 0.123 e. The molecular weight excluding hydrogens is 204 g/mol. The van der Waals surface area contributed by atoms with Crippen molar-refractivity contribution in [1.82, 2.24) is 4.90 Å². The van der Waals surface area contributed by atoms with Gasteiger partial charge >= 0.3 is 0 Å². The van der Waals surface area contributed by atoms with Crippen LogP contribution in [0.4, 0.5) is 0 Å². The van der Waals surface area contributed by atoms with Crippen molar-refractivity contribution in [3.63, 3.8) is 0 Å². The first-order valence-electron chi connectivity index (χ1n) is 5.99. The van der Waals surface area contributed by atoms with Gasteiger partial charge in [-0.15, -0.1) is 0 Å². The summed E-state index contributed by atoms with van der Waals surface area (Å²) in [6.45, 7) is 2.95. The van der Waals surface area contributed by atoms with Crippen molar-refractivity contribution in [2.45, 2.75) is 31.0 Å². The second-order valence-corrected chi connectivity index (χ2v) is 4.70. The Hall–Kier alpha value is -0.840. The number of fused-ring (bicyclic) bond motifs is 1. The molecule has 3 unspecified atom stereocenters. The van der Waals surface area contributed by atoms with Crippen molar-refractivity contribution < 1.29 is 9.15 Å². The van der Waals surface area contributed by atoms with E-state index in [2.05, 4.69) is 4.90 Å². The van der Waals surface area contributed by atoms with E-state index in [1.165, 1.54) is 19.4 Å². The van der Waals surface area contributed by atoms with Gasteiger partial charge < -0.3 is 14.9 Å². The maximum absolute atomic E-state index is 6.15. The molecule has 0 amide bonds. The first kappa shape index (κ1) is 10.3. The Morgan fingerprint density at radius 2 is 2.44 bits per heavy atom. The number of morpholine rings is 1. The highest BCUT2D eigenvalue weighted by atomic mass is 16.5. The summed E-state index contributed by atoms with van der Waals surface area (Å²) < 4.78 is 11.2. The molecule has 0 spiro atoms. The summed E-state index contributed by atoms with van der Waals surface area (Å²) in [7, 11) is 0. The molecule has 1 aromatic heterocycles.